The van der Waals surface area contributed by atoms with Crippen LogP contribution in [0, 0.1) is 0 Å². The highest BCUT2D eigenvalue weighted by Gasteiger charge is 2.44. The number of hydrogen-bond acceptors (Lipinski definition) is 3. The van der Waals surface area contributed by atoms with E-state index in [1.54, 1.807) is 0 Å². The summed E-state index contributed by atoms with van der Waals surface area (Å²) in [4.78, 5) is 2.42. The second kappa shape index (κ2) is 5.80. The molecule has 0 atom stereocenters. The van der Waals surface area contributed by atoms with E-state index in [0.717, 1.165) is 38.4 Å². The Labute approximate surface area is 119 Å². The summed E-state index contributed by atoms with van der Waals surface area (Å²) < 4.78 is 11.9. The molecule has 0 unspecified atom stereocenters. The van der Waals surface area contributed by atoms with Gasteiger partial charge in [-0.3, -0.25) is 4.90 Å². The Bertz CT molecular complexity index is 432. The lowest BCUT2D eigenvalue weighted by atomic mass is 9.94. The van der Waals surface area contributed by atoms with Crippen LogP contribution in [0.4, 0.5) is 0 Å². The predicted octanol–water partition coefficient (Wildman–Crippen LogP) is 2.72. The van der Waals surface area contributed by atoms with Gasteiger partial charge in [0.1, 0.15) is 0 Å². The van der Waals surface area contributed by atoms with Crippen molar-refractivity contribution < 1.29 is 9.47 Å². The summed E-state index contributed by atoms with van der Waals surface area (Å²) in [6, 6.07) is 8.46. The molecule has 1 saturated heterocycles. The molecule has 104 valence electrons. The Morgan fingerprint density at radius 3 is 2.74 bits per heavy atom. The highest BCUT2D eigenvalue weighted by Crippen LogP contribution is 2.38. The zero-order valence-corrected chi connectivity index (χ0v) is 11.9. The first-order chi connectivity index (χ1) is 9.34. The molecule has 2 heterocycles. The van der Waals surface area contributed by atoms with Crippen LogP contribution in [0.25, 0.3) is 0 Å². The van der Waals surface area contributed by atoms with Gasteiger partial charge in [-0.15, -0.1) is 11.6 Å². The van der Waals surface area contributed by atoms with E-state index in [4.69, 9.17) is 21.1 Å². The number of benzene rings is 1. The Kier molecular flexibility index (Phi) is 4.08. The Morgan fingerprint density at radius 1 is 1.16 bits per heavy atom. The maximum Gasteiger partial charge on any atom is 0.208 e. The number of rotatable bonds is 4. The second-order valence-corrected chi connectivity index (χ2v) is 5.59. The number of alkyl halides is 1. The minimum absolute atomic E-state index is 0.532. The van der Waals surface area contributed by atoms with Gasteiger partial charge < -0.3 is 9.47 Å². The lowest BCUT2D eigenvalue weighted by Gasteiger charge is -2.40. The minimum atomic E-state index is -0.532. The molecule has 0 aromatic heterocycles. The first-order valence-electron chi connectivity index (χ1n) is 6.99. The third kappa shape index (κ3) is 2.65. The number of hydrogen-bond donors (Lipinski definition) is 0. The zero-order valence-electron chi connectivity index (χ0n) is 11.1. The molecule has 0 amide bonds. The van der Waals surface area contributed by atoms with Gasteiger partial charge in [0.15, 0.2) is 0 Å². The highest BCUT2D eigenvalue weighted by atomic mass is 35.5. The largest absolute Gasteiger partial charge is 0.342 e. The summed E-state index contributed by atoms with van der Waals surface area (Å²) in [6.45, 7) is 4.22. The highest BCUT2D eigenvalue weighted by molar-refractivity contribution is 6.17. The van der Waals surface area contributed by atoms with Gasteiger partial charge in [0.05, 0.1) is 19.8 Å². The van der Waals surface area contributed by atoms with Crippen LogP contribution in [-0.2, 0) is 21.8 Å². The summed E-state index contributed by atoms with van der Waals surface area (Å²) in [5, 5.41) is 0. The third-order valence-electron chi connectivity index (χ3n) is 3.87. The van der Waals surface area contributed by atoms with E-state index >= 15 is 0 Å². The van der Waals surface area contributed by atoms with Crippen LogP contribution in [0.2, 0.25) is 0 Å². The van der Waals surface area contributed by atoms with Gasteiger partial charge in [0, 0.05) is 18.0 Å². The lowest BCUT2D eigenvalue weighted by molar-refractivity contribution is -0.187. The standard InChI is InChI=1S/C15H20ClNO2/c16-7-3-4-8-17-11-13-5-1-2-6-14(13)15(12-17)18-9-10-19-15/h1-2,5-6H,3-4,7-12H2. The maximum absolute atomic E-state index is 5.95. The SMILES string of the molecule is ClCCCCN1Cc2ccccc2C2(C1)OCCO2. The fraction of sp³-hybridized carbons (Fsp3) is 0.600. The van der Waals surface area contributed by atoms with Crippen molar-refractivity contribution in [2.45, 2.75) is 25.2 Å². The molecule has 0 bridgehead atoms. The van der Waals surface area contributed by atoms with E-state index in [0.29, 0.717) is 13.2 Å². The van der Waals surface area contributed by atoms with Crippen molar-refractivity contribution in [2.24, 2.45) is 0 Å². The van der Waals surface area contributed by atoms with E-state index in [-0.39, 0.29) is 0 Å². The monoisotopic (exact) mass is 281 g/mol. The molecule has 19 heavy (non-hydrogen) atoms. The van der Waals surface area contributed by atoms with Gasteiger partial charge in [0.2, 0.25) is 5.79 Å². The molecule has 1 spiro atoms. The lowest BCUT2D eigenvalue weighted by Crippen LogP contribution is -2.46. The topological polar surface area (TPSA) is 21.7 Å². The second-order valence-electron chi connectivity index (χ2n) is 5.21. The number of nitrogens with zero attached hydrogens (tertiary/aromatic N) is 1. The predicted molar refractivity (Wildman–Crippen MR) is 75.3 cm³/mol. The Morgan fingerprint density at radius 2 is 1.95 bits per heavy atom. The van der Waals surface area contributed by atoms with E-state index < -0.39 is 5.79 Å². The first kappa shape index (κ1) is 13.4. The molecule has 0 saturated carbocycles. The van der Waals surface area contributed by atoms with Gasteiger partial charge in [-0.2, -0.15) is 0 Å². The molecule has 1 aromatic rings. The van der Waals surface area contributed by atoms with Gasteiger partial charge in [-0.05, 0) is 24.9 Å². The van der Waals surface area contributed by atoms with E-state index in [2.05, 4.69) is 29.2 Å². The molecule has 3 nitrogen and oxygen atoms in total. The van der Waals surface area contributed by atoms with Crippen LogP contribution in [0.5, 0.6) is 0 Å². The van der Waals surface area contributed by atoms with Crippen LogP contribution in [-0.4, -0.2) is 37.1 Å². The minimum Gasteiger partial charge on any atom is -0.342 e. The molecular formula is C15H20ClNO2. The average molecular weight is 282 g/mol. The quantitative estimate of drug-likeness (QED) is 0.626. The van der Waals surface area contributed by atoms with Gasteiger partial charge in [-0.25, -0.2) is 0 Å². The van der Waals surface area contributed by atoms with E-state index in [1.807, 2.05) is 0 Å². The van der Waals surface area contributed by atoms with Crippen molar-refractivity contribution in [3.05, 3.63) is 35.4 Å². The molecule has 0 aliphatic carbocycles. The van der Waals surface area contributed by atoms with E-state index in [9.17, 15) is 0 Å². The van der Waals surface area contributed by atoms with Crippen molar-refractivity contribution >= 4 is 11.6 Å². The molecule has 2 aliphatic rings. The van der Waals surface area contributed by atoms with Crippen LogP contribution < -0.4 is 0 Å². The van der Waals surface area contributed by atoms with Crippen molar-refractivity contribution in [2.75, 3.05) is 32.2 Å². The summed E-state index contributed by atoms with van der Waals surface area (Å²) in [5.41, 5.74) is 2.53. The smallest absolute Gasteiger partial charge is 0.208 e. The Balaban J connectivity index is 1.80. The van der Waals surface area contributed by atoms with Crippen molar-refractivity contribution in [3.8, 4) is 0 Å². The van der Waals surface area contributed by atoms with Crippen molar-refractivity contribution in [3.63, 3.8) is 0 Å². The molecule has 0 N–H and O–H groups in total. The van der Waals surface area contributed by atoms with Gasteiger partial charge in [0.25, 0.3) is 0 Å². The fourth-order valence-corrected chi connectivity index (χ4v) is 3.18. The van der Waals surface area contributed by atoms with Crippen molar-refractivity contribution in [1.29, 1.82) is 0 Å². The third-order valence-corrected chi connectivity index (χ3v) is 4.13. The van der Waals surface area contributed by atoms with Crippen LogP contribution in [0.15, 0.2) is 24.3 Å². The molecule has 3 rings (SSSR count). The number of fused-ring (bicyclic) bond motifs is 2. The van der Waals surface area contributed by atoms with Crippen molar-refractivity contribution in [1.82, 2.24) is 4.90 Å². The average Bonchev–Trinajstić information content (AvgIpc) is 2.88. The number of halogens is 1. The van der Waals surface area contributed by atoms with E-state index in [1.165, 1.54) is 11.1 Å². The van der Waals surface area contributed by atoms with Gasteiger partial charge in [-0.1, -0.05) is 24.3 Å². The summed E-state index contributed by atoms with van der Waals surface area (Å²) >= 11 is 5.75. The molecule has 1 fully saturated rings. The molecule has 1 aromatic carbocycles. The molecule has 4 heteroatoms. The van der Waals surface area contributed by atoms with Gasteiger partial charge >= 0.3 is 0 Å². The summed E-state index contributed by atoms with van der Waals surface area (Å²) in [5.74, 6) is 0.207. The van der Waals surface area contributed by atoms with Crippen LogP contribution in [0.3, 0.4) is 0 Å². The van der Waals surface area contributed by atoms with Crippen LogP contribution >= 0.6 is 11.6 Å². The summed E-state index contributed by atoms with van der Waals surface area (Å²) in [7, 11) is 0. The number of ether oxygens (including phenoxy) is 2. The molecule has 0 radical (unpaired) electrons. The van der Waals surface area contributed by atoms with Crippen LogP contribution in [0.1, 0.15) is 24.0 Å². The maximum atomic E-state index is 5.95. The summed E-state index contributed by atoms with van der Waals surface area (Å²) in [6.07, 6.45) is 2.19. The Hall–Kier alpha value is -0.610. The first-order valence-corrected chi connectivity index (χ1v) is 7.52. The number of unbranched alkanes of at least 4 members (excludes halogenated alkanes) is 1. The molecule has 2 aliphatic heterocycles. The fourth-order valence-electron chi connectivity index (χ4n) is 3.00. The molecular weight excluding hydrogens is 262 g/mol. The zero-order chi connectivity index (χ0) is 13.1. The normalized spacial score (nSPS) is 21.7.